The molecule has 32 heavy (non-hydrogen) atoms. The molecule has 10 heteroatoms. The summed E-state index contributed by atoms with van der Waals surface area (Å²) in [7, 11) is 1.48. The molecule has 0 aromatic heterocycles. The van der Waals surface area contributed by atoms with Crippen LogP contribution < -0.4 is 3.88 Å². The van der Waals surface area contributed by atoms with Crippen molar-refractivity contribution in [1.82, 2.24) is 0 Å². The maximum Gasteiger partial charge on any atom is 0.487 e. The van der Waals surface area contributed by atoms with Crippen molar-refractivity contribution in [1.29, 1.82) is 0 Å². The summed E-state index contributed by atoms with van der Waals surface area (Å²) < 4.78 is 38.1. The second kappa shape index (κ2) is 23.2. The van der Waals surface area contributed by atoms with E-state index in [-0.39, 0.29) is 7.43 Å². The molecule has 0 saturated heterocycles. The van der Waals surface area contributed by atoms with E-state index in [0.717, 1.165) is 17.7 Å². The van der Waals surface area contributed by atoms with E-state index in [1.54, 1.807) is 0 Å². The van der Waals surface area contributed by atoms with Gasteiger partial charge in [-0.3, -0.25) is 4.18 Å². The van der Waals surface area contributed by atoms with Crippen molar-refractivity contribution in [3.05, 3.63) is 30.3 Å². The lowest BCUT2D eigenvalue weighted by atomic mass is 10.3. The Morgan fingerprint density at radius 2 is 1.22 bits per heavy atom. The molecular weight excluding hydrogens is 471 g/mol. The van der Waals surface area contributed by atoms with Crippen molar-refractivity contribution < 1.29 is 19.6 Å². The zero-order valence-electron chi connectivity index (χ0n) is 21.3. The van der Waals surface area contributed by atoms with Crippen LogP contribution in [0.15, 0.2) is 30.3 Å². The van der Waals surface area contributed by atoms with E-state index >= 15 is 0 Å². The van der Waals surface area contributed by atoms with Crippen LogP contribution in [0.4, 0.5) is 5.69 Å². The van der Waals surface area contributed by atoms with E-state index in [4.69, 9.17) is 7.02 Å². The molecule has 6 nitrogen and oxygen atoms in total. The number of benzene rings is 1. The van der Waals surface area contributed by atoms with Crippen molar-refractivity contribution in [2.75, 3.05) is 25.2 Å². The number of hydrogen-bond donors (Lipinski definition) is 0. The van der Waals surface area contributed by atoms with Crippen molar-refractivity contribution >= 4 is 59.4 Å². The van der Waals surface area contributed by atoms with Crippen molar-refractivity contribution in [3.63, 3.8) is 0 Å². The smallest absolute Gasteiger partial charge is 0.487 e. The number of anilines is 1. The molecule has 0 fully saturated rings. The second-order valence-electron chi connectivity index (χ2n) is 7.20. The summed E-state index contributed by atoms with van der Waals surface area (Å²) >= 11 is -2.90. The molecule has 0 radical (unpaired) electrons. The Morgan fingerprint density at radius 3 is 1.50 bits per heavy atom. The zero-order chi connectivity index (χ0) is 24.3. The molecule has 0 bridgehead atoms. The maximum atomic E-state index is 10.7. The lowest BCUT2D eigenvalue weighted by molar-refractivity contribution is 0.331. The Kier molecular flexibility index (Phi) is 26.8. The predicted octanol–water partition coefficient (Wildman–Crippen LogP) is 6.38. The average Bonchev–Trinajstić information content (AvgIpc) is 2.81. The van der Waals surface area contributed by atoms with E-state index < -0.39 is 53.7 Å². The summed E-state index contributed by atoms with van der Waals surface area (Å²) in [5.41, 5.74) is 1.38. The van der Waals surface area contributed by atoms with E-state index in [1.165, 1.54) is 26.8 Å². The Labute approximate surface area is 214 Å². The fourth-order valence-electron chi connectivity index (χ4n) is 2.96. The predicted molar refractivity (Wildman–Crippen MR) is 146 cm³/mol. The van der Waals surface area contributed by atoms with Crippen LogP contribution in [-0.4, -0.2) is 73.0 Å². The summed E-state index contributed by atoms with van der Waals surface area (Å²) in [6.07, 6.45) is 0. The summed E-state index contributed by atoms with van der Waals surface area (Å²) in [5, 5.41) is 6.85. The Hall–Kier alpha value is 0.447. The Bertz CT molecular complexity index is 606. The van der Waals surface area contributed by atoms with Crippen LogP contribution in [0.25, 0.3) is 0 Å². The highest BCUT2D eigenvalue weighted by Gasteiger charge is 2.23. The molecule has 0 spiro atoms. The second-order valence-corrected chi connectivity index (χ2v) is 19.1. The molecule has 0 N–H and O–H groups in total. The van der Waals surface area contributed by atoms with Crippen LogP contribution >= 0.6 is 0 Å². The van der Waals surface area contributed by atoms with Gasteiger partial charge in [-0.1, -0.05) is 98.9 Å². The molecule has 0 heterocycles. The van der Waals surface area contributed by atoms with E-state index in [2.05, 4.69) is 73.1 Å². The maximum absolute atomic E-state index is 10.7. The number of hydrogen-bond acceptors (Lipinski definition) is 6. The van der Waals surface area contributed by atoms with Gasteiger partial charge in [0.15, 0.2) is 0 Å². The largest absolute Gasteiger partial charge is 0.503 e. The molecule has 0 aliphatic carbocycles. The summed E-state index contributed by atoms with van der Waals surface area (Å²) in [5.74, 6) is 0. The Morgan fingerprint density at radius 1 is 0.781 bits per heavy atom. The molecule has 0 saturated carbocycles. The highest BCUT2D eigenvalue weighted by atomic mass is 32.3. The van der Waals surface area contributed by atoms with Crippen LogP contribution in [0.1, 0.15) is 49.0 Å². The van der Waals surface area contributed by atoms with Gasteiger partial charge in [0.2, 0.25) is 0 Å². The third-order valence-electron chi connectivity index (χ3n) is 5.27. The number of nitrogens with zero attached hydrogens (tertiary/aromatic N) is 1. The molecule has 1 aromatic carbocycles. The molecule has 0 unspecified atom stereocenters. The minimum absolute atomic E-state index is 0. The third-order valence-corrected chi connectivity index (χ3v) is 15.3. The zero-order valence-corrected chi connectivity index (χ0v) is 25.5. The van der Waals surface area contributed by atoms with Crippen molar-refractivity contribution in [2.45, 2.75) is 80.7 Å². The van der Waals surface area contributed by atoms with Gasteiger partial charge in [0.25, 0.3) is 0 Å². The topological polar surface area (TPSA) is 65.1 Å². The first-order valence-electron chi connectivity index (χ1n) is 11.5. The molecule has 0 aliphatic rings. The Balaban J connectivity index is -0.000000406. The quantitative estimate of drug-likeness (QED) is 0.299. The van der Waals surface area contributed by atoms with E-state index in [1.807, 2.05) is 21.0 Å². The lowest BCUT2D eigenvalue weighted by Crippen LogP contribution is -2.34. The van der Waals surface area contributed by atoms with E-state index in [0.29, 0.717) is 0 Å². The van der Waals surface area contributed by atoms with Gasteiger partial charge in [-0.2, -0.15) is 8.42 Å². The first-order valence-corrected chi connectivity index (χ1v) is 19.2. The fraction of sp³-hybridized carbons (Fsp3) is 0.727. The SMILES string of the molecule is C.C[CH2][Al]([CH2]C)[N](C)c1ccccc1.C[CH2][Al]([CH2]C)[O]C.C[CH2][Al]([CH2]C)[O]S(=O)(=O)OC. The highest BCUT2D eigenvalue weighted by Crippen LogP contribution is 2.15. The van der Waals surface area contributed by atoms with Crippen LogP contribution in [0, 0.1) is 0 Å². The van der Waals surface area contributed by atoms with Crippen molar-refractivity contribution in [3.8, 4) is 0 Å². The first kappa shape index (κ1) is 37.0. The van der Waals surface area contributed by atoms with Crippen molar-refractivity contribution in [2.24, 2.45) is 0 Å². The normalized spacial score (nSPS) is 9.91. The van der Waals surface area contributed by atoms with Gasteiger partial charge in [-0.05, 0) is 19.2 Å². The molecular formula is C22H48Al3NO5S. The summed E-state index contributed by atoms with van der Waals surface area (Å²) in [4.78, 5) is 0. The standard InChI is InChI=1S/C7H8N.6C2H5.CH4O4S.CH3O.CH4.3Al/c1-8-7-5-3-2-4-6-7;6*1-2;1-5-6(2,3)4;1-2;;;;/h2-6H,1H3;6*1H2,2H3;1H3,(H,2,3,4);1H3;1H4;;;/q-1;;;;;;;;-1;;3*+1/p-1. The molecule has 0 aliphatic heterocycles. The monoisotopic (exact) mass is 519 g/mol. The molecule has 1 aromatic rings. The summed E-state index contributed by atoms with van der Waals surface area (Å²) in [6.45, 7) is 12.9. The van der Waals surface area contributed by atoms with Crippen LogP contribution in [0.3, 0.4) is 0 Å². The van der Waals surface area contributed by atoms with Crippen LogP contribution in [0.5, 0.6) is 0 Å². The highest BCUT2D eigenvalue weighted by molar-refractivity contribution is 7.82. The average molecular weight is 520 g/mol. The van der Waals surface area contributed by atoms with Gasteiger partial charge in [0.05, 0.1) is 7.11 Å². The fourth-order valence-corrected chi connectivity index (χ4v) is 9.79. The minimum Gasteiger partial charge on any atom is -0.503 e. The van der Waals surface area contributed by atoms with Gasteiger partial charge >= 0.3 is 53.7 Å². The van der Waals surface area contributed by atoms with Gasteiger partial charge in [-0.15, -0.1) is 0 Å². The van der Waals surface area contributed by atoms with Crippen LogP contribution in [0.2, 0.25) is 31.7 Å². The third kappa shape index (κ3) is 17.9. The molecule has 0 amide bonds. The van der Waals surface area contributed by atoms with Gasteiger partial charge in [0, 0.05) is 12.8 Å². The molecule has 186 valence electrons. The minimum atomic E-state index is -3.68. The first-order chi connectivity index (χ1) is 14.7. The lowest BCUT2D eigenvalue weighted by Gasteiger charge is -2.25. The van der Waals surface area contributed by atoms with Gasteiger partial charge in [-0.25, -0.2) is 0 Å². The summed E-state index contributed by atoms with van der Waals surface area (Å²) in [6, 6.07) is 10.7. The van der Waals surface area contributed by atoms with E-state index in [9.17, 15) is 8.42 Å². The van der Waals surface area contributed by atoms with Crippen LogP contribution in [-0.2, 0) is 21.6 Å². The van der Waals surface area contributed by atoms with Gasteiger partial charge in [0.1, 0.15) is 0 Å². The number of rotatable bonds is 12. The molecule has 1 rings (SSSR count). The van der Waals surface area contributed by atoms with Gasteiger partial charge < -0.3 is 10.9 Å². The molecule has 0 atom stereocenters. The number of para-hydroxylation sites is 1.